The number of hydrogen-bond acceptors (Lipinski definition) is 7. The number of aryl methyl sites for hydroxylation is 1. The first-order valence-electron chi connectivity index (χ1n) is 8.72. The monoisotopic (exact) mass is 403 g/mol. The molecule has 0 aliphatic carbocycles. The number of fused-ring (bicyclic) bond motifs is 1. The Bertz CT molecular complexity index is 1000. The molecule has 3 aromatic rings. The van der Waals surface area contributed by atoms with E-state index in [1.54, 1.807) is 19.2 Å². The van der Waals surface area contributed by atoms with Crippen molar-refractivity contribution in [3.05, 3.63) is 46.5 Å². The average Bonchev–Trinajstić information content (AvgIpc) is 3.32. The predicted molar refractivity (Wildman–Crippen MR) is 103 cm³/mol. The van der Waals surface area contributed by atoms with Crippen LogP contribution in [0, 0.1) is 13.8 Å². The Hall–Kier alpha value is -2.94. The molecule has 3 aromatic heterocycles. The summed E-state index contributed by atoms with van der Waals surface area (Å²) in [7, 11) is 1.34. The van der Waals surface area contributed by atoms with Gasteiger partial charge in [-0.05, 0) is 19.9 Å². The fourth-order valence-corrected chi connectivity index (χ4v) is 3.74. The minimum absolute atomic E-state index is 0.0137. The van der Waals surface area contributed by atoms with Gasteiger partial charge in [0, 0.05) is 41.3 Å². The van der Waals surface area contributed by atoms with Gasteiger partial charge in [-0.15, -0.1) is 11.3 Å². The Morgan fingerprint density at radius 1 is 1.21 bits per heavy atom. The lowest BCUT2D eigenvalue weighted by molar-refractivity contribution is -0.142. The predicted octanol–water partition coefficient (Wildman–Crippen LogP) is 2.35. The first kappa shape index (κ1) is 19.8. The maximum atomic E-state index is 12.5. The fraction of sp³-hybridized carbons (Fsp3) is 0.368. The van der Waals surface area contributed by atoms with Gasteiger partial charge < -0.3 is 14.0 Å². The molecule has 0 aromatic carbocycles. The number of carbonyl (C=O) groups is 3. The van der Waals surface area contributed by atoms with Crippen molar-refractivity contribution in [2.45, 2.75) is 33.2 Å². The zero-order chi connectivity index (χ0) is 20.3. The van der Waals surface area contributed by atoms with Crippen molar-refractivity contribution in [2.75, 3.05) is 13.7 Å². The topological polar surface area (TPSA) is 91.9 Å². The Balaban J connectivity index is 1.57. The van der Waals surface area contributed by atoms with Crippen LogP contribution in [0.4, 0.5) is 0 Å². The van der Waals surface area contributed by atoms with Crippen LogP contribution in [0.1, 0.15) is 33.9 Å². The minimum Gasteiger partial charge on any atom is -0.469 e. The molecule has 0 amide bonds. The Kier molecular flexibility index (Phi) is 5.93. The molecule has 0 unspecified atom stereocenters. The summed E-state index contributed by atoms with van der Waals surface area (Å²) in [5, 5.41) is 1.91. The summed E-state index contributed by atoms with van der Waals surface area (Å²) in [6, 6.07) is 1.74. The molecule has 0 saturated carbocycles. The van der Waals surface area contributed by atoms with E-state index in [0.29, 0.717) is 17.8 Å². The van der Waals surface area contributed by atoms with Gasteiger partial charge >= 0.3 is 11.9 Å². The summed E-state index contributed by atoms with van der Waals surface area (Å²) in [5.74, 6) is -1.09. The molecule has 0 radical (unpaired) electrons. The number of aromatic nitrogens is 3. The zero-order valence-corrected chi connectivity index (χ0v) is 16.7. The Morgan fingerprint density at radius 2 is 2.00 bits per heavy atom. The van der Waals surface area contributed by atoms with Crippen molar-refractivity contribution in [1.29, 1.82) is 0 Å². The summed E-state index contributed by atoms with van der Waals surface area (Å²) in [5.41, 5.74) is 2.67. The number of rotatable bonds is 8. The number of esters is 2. The van der Waals surface area contributed by atoms with Crippen LogP contribution < -0.4 is 0 Å². The molecule has 3 rings (SSSR count). The van der Waals surface area contributed by atoms with Gasteiger partial charge in [-0.3, -0.25) is 18.8 Å². The molecule has 0 spiro atoms. The van der Waals surface area contributed by atoms with Gasteiger partial charge in [-0.2, -0.15) is 0 Å². The lowest BCUT2D eigenvalue weighted by Gasteiger charge is -2.09. The standard InChI is InChI=1S/C19H21N3O5S/c1-12-8-15(13(2)22(12)5-4-17(24)26-3)16(23)11-27-18(25)9-14-10-21-6-7-28-19(21)20-14/h6-8,10H,4-5,9,11H2,1-3H3. The molecule has 9 heteroatoms. The zero-order valence-electron chi connectivity index (χ0n) is 15.9. The lowest BCUT2D eigenvalue weighted by atomic mass is 10.1. The van der Waals surface area contributed by atoms with E-state index in [-0.39, 0.29) is 31.2 Å². The number of ether oxygens (including phenoxy) is 2. The number of thiazole rings is 1. The molecular weight excluding hydrogens is 382 g/mol. The van der Waals surface area contributed by atoms with Crippen LogP contribution in [0.5, 0.6) is 0 Å². The number of nitrogens with zero attached hydrogens (tertiary/aromatic N) is 3. The first-order valence-corrected chi connectivity index (χ1v) is 9.60. The number of carbonyl (C=O) groups excluding carboxylic acids is 3. The third kappa shape index (κ3) is 4.30. The molecule has 148 valence electrons. The fourth-order valence-electron chi connectivity index (χ4n) is 3.02. The third-order valence-electron chi connectivity index (χ3n) is 4.47. The van der Waals surface area contributed by atoms with Crippen molar-refractivity contribution in [2.24, 2.45) is 0 Å². The van der Waals surface area contributed by atoms with Gasteiger partial charge in [0.25, 0.3) is 0 Å². The summed E-state index contributed by atoms with van der Waals surface area (Å²) < 4.78 is 13.5. The molecule has 8 nitrogen and oxygen atoms in total. The number of Topliss-reactive ketones (excluding diaryl/α,β-unsaturated/α-hetero) is 1. The van der Waals surface area contributed by atoms with Crippen LogP contribution in [0.2, 0.25) is 0 Å². The summed E-state index contributed by atoms with van der Waals surface area (Å²) in [4.78, 5) is 41.0. The molecule has 28 heavy (non-hydrogen) atoms. The van der Waals surface area contributed by atoms with Gasteiger partial charge in [-0.1, -0.05) is 0 Å². The molecule has 0 saturated heterocycles. The van der Waals surface area contributed by atoms with E-state index in [2.05, 4.69) is 9.72 Å². The van der Waals surface area contributed by atoms with Gasteiger partial charge in [0.2, 0.25) is 5.78 Å². The van der Waals surface area contributed by atoms with Gasteiger partial charge in [-0.25, -0.2) is 4.98 Å². The number of methoxy groups -OCH3 is 1. The quantitative estimate of drug-likeness (QED) is 0.423. The van der Waals surface area contributed by atoms with E-state index < -0.39 is 5.97 Å². The normalized spacial score (nSPS) is 11.0. The second-order valence-electron chi connectivity index (χ2n) is 6.35. The van der Waals surface area contributed by atoms with Crippen molar-refractivity contribution in [1.82, 2.24) is 14.0 Å². The highest BCUT2D eigenvalue weighted by molar-refractivity contribution is 7.15. The van der Waals surface area contributed by atoms with Crippen molar-refractivity contribution >= 4 is 34.0 Å². The van der Waals surface area contributed by atoms with Crippen molar-refractivity contribution < 1.29 is 23.9 Å². The minimum atomic E-state index is -0.501. The van der Waals surface area contributed by atoms with Crippen LogP contribution in [-0.4, -0.2) is 45.4 Å². The van der Waals surface area contributed by atoms with E-state index in [4.69, 9.17) is 4.74 Å². The maximum Gasteiger partial charge on any atom is 0.312 e. The van der Waals surface area contributed by atoms with Gasteiger partial charge in [0.05, 0.1) is 25.6 Å². The van der Waals surface area contributed by atoms with E-state index >= 15 is 0 Å². The molecule has 0 N–H and O–H groups in total. The maximum absolute atomic E-state index is 12.5. The number of hydrogen-bond donors (Lipinski definition) is 0. The Labute approximate surface area is 165 Å². The van der Waals surface area contributed by atoms with E-state index in [9.17, 15) is 14.4 Å². The van der Waals surface area contributed by atoms with E-state index in [1.807, 2.05) is 27.5 Å². The Morgan fingerprint density at radius 3 is 2.71 bits per heavy atom. The van der Waals surface area contributed by atoms with Crippen LogP contribution in [0.3, 0.4) is 0 Å². The van der Waals surface area contributed by atoms with Gasteiger partial charge in [0.15, 0.2) is 11.6 Å². The number of ketones is 1. The molecule has 0 atom stereocenters. The smallest absolute Gasteiger partial charge is 0.312 e. The van der Waals surface area contributed by atoms with Gasteiger partial charge in [0.1, 0.15) is 0 Å². The second-order valence-corrected chi connectivity index (χ2v) is 7.22. The first-order chi connectivity index (χ1) is 13.4. The third-order valence-corrected chi connectivity index (χ3v) is 5.24. The van der Waals surface area contributed by atoms with Crippen LogP contribution >= 0.6 is 11.3 Å². The highest BCUT2D eigenvalue weighted by Gasteiger charge is 2.18. The second kappa shape index (κ2) is 8.39. The average molecular weight is 403 g/mol. The summed E-state index contributed by atoms with van der Waals surface area (Å²) in [6.45, 7) is 3.76. The highest BCUT2D eigenvalue weighted by atomic mass is 32.1. The number of imidazole rings is 1. The summed E-state index contributed by atoms with van der Waals surface area (Å²) in [6.07, 6.45) is 3.86. The van der Waals surface area contributed by atoms with Crippen molar-refractivity contribution in [3.63, 3.8) is 0 Å². The molecule has 0 bridgehead atoms. The van der Waals surface area contributed by atoms with Crippen LogP contribution in [-0.2, 0) is 32.0 Å². The van der Waals surface area contributed by atoms with E-state index in [0.717, 1.165) is 16.3 Å². The molecule has 0 fully saturated rings. The molecular formula is C19H21N3O5S. The highest BCUT2D eigenvalue weighted by Crippen LogP contribution is 2.17. The lowest BCUT2D eigenvalue weighted by Crippen LogP contribution is -2.16. The largest absolute Gasteiger partial charge is 0.469 e. The SMILES string of the molecule is COC(=O)CCn1c(C)cc(C(=O)COC(=O)Cc2cn3ccsc3n2)c1C. The van der Waals surface area contributed by atoms with E-state index in [1.165, 1.54) is 18.4 Å². The summed E-state index contributed by atoms with van der Waals surface area (Å²) >= 11 is 1.48. The molecule has 0 aliphatic rings. The van der Waals surface area contributed by atoms with Crippen molar-refractivity contribution in [3.8, 4) is 0 Å². The van der Waals surface area contributed by atoms with Crippen LogP contribution in [0.15, 0.2) is 23.8 Å². The van der Waals surface area contributed by atoms with Crippen LogP contribution in [0.25, 0.3) is 4.96 Å². The molecule has 3 heterocycles. The molecule has 0 aliphatic heterocycles.